The molecule has 178 valence electrons. The number of aliphatic imine (C=N–C) groups is 1. The Morgan fingerprint density at radius 3 is 2.67 bits per heavy atom. The zero-order chi connectivity index (χ0) is 25.1. The summed E-state index contributed by atoms with van der Waals surface area (Å²) >= 11 is 1.28. The summed E-state index contributed by atoms with van der Waals surface area (Å²) in [7, 11) is 0. The maximum absolute atomic E-state index is 13.4. The Hall–Kier alpha value is -4.50. The van der Waals surface area contributed by atoms with Crippen molar-refractivity contribution in [2.45, 2.75) is 13.5 Å². The topological polar surface area (TPSA) is 102 Å². The Kier molecular flexibility index (Phi) is 6.46. The molecule has 0 saturated carbocycles. The Bertz CT molecular complexity index is 1500. The number of hydrogen-bond acceptors (Lipinski definition) is 7. The Morgan fingerprint density at radius 2 is 1.94 bits per heavy atom. The summed E-state index contributed by atoms with van der Waals surface area (Å²) in [4.78, 5) is 34.9. The quantitative estimate of drug-likeness (QED) is 0.175. The summed E-state index contributed by atoms with van der Waals surface area (Å²) in [6.45, 7) is 2.13. The second-order valence-electron chi connectivity index (χ2n) is 8.05. The molecule has 0 radical (unpaired) electrons. The largest absolute Gasteiger partial charge is 0.457 e. The van der Waals surface area contributed by atoms with E-state index in [1.807, 2.05) is 42.5 Å². The number of carbonyl (C=O) groups is 1. The molecule has 2 aromatic heterocycles. The number of nitro groups is 1. The Labute approximate surface area is 211 Å². The van der Waals surface area contributed by atoms with Gasteiger partial charge in [-0.3, -0.25) is 24.8 Å². The van der Waals surface area contributed by atoms with Crippen molar-refractivity contribution < 1.29 is 14.1 Å². The number of nitrogens with zero attached hydrogens (tertiary/aromatic N) is 4. The predicted octanol–water partition coefficient (Wildman–Crippen LogP) is 6.36. The number of para-hydroxylation sites is 1. The van der Waals surface area contributed by atoms with Crippen molar-refractivity contribution in [1.82, 2.24) is 9.88 Å². The lowest BCUT2D eigenvalue weighted by Gasteiger charge is -2.15. The van der Waals surface area contributed by atoms with Crippen molar-refractivity contribution in [1.29, 1.82) is 0 Å². The van der Waals surface area contributed by atoms with Crippen molar-refractivity contribution in [2.75, 3.05) is 0 Å². The van der Waals surface area contributed by atoms with Crippen molar-refractivity contribution in [3.05, 3.63) is 117 Å². The van der Waals surface area contributed by atoms with Crippen LogP contribution < -0.4 is 0 Å². The first-order chi connectivity index (χ1) is 17.5. The lowest BCUT2D eigenvalue weighted by atomic mass is 10.1. The lowest BCUT2D eigenvalue weighted by molar-refractivity contribution is -0.384. The van der Waals surface area contributed by atoms with E-state index >= 15 is 0 Å². The van der Waals surface area contributed by atoms with E-state index in [0.717, 1.165) is 22.4 Å². The molecule has 0 aliphatic carbocycles. The maximum atomic E-state index is 13.4. The molecule has 1 saturated heterocycles. The van der Waals surface area contributed by atoms with Gasteiger partial charge in [-0.15, -0.1) is 0 Å². The van der Waals surface area contributed by atoms with E-state index in [1.165, 1.54) is 23.9 Å². The average Bonchev–Trinajstić information content (AvgIpc) is 3.45. The van der Waals surface area contributed by atoms with Crippen molar-refractivity contribution >= 4 is 40.3 Å². The standard InChI is InChI=1S/C27H20N4O4S/c1-18-14-21(31(33)34)9-11-23(18)24-12-10-22(35-24)15-25-26(32)30(17-19-6-5-13-28-16-19)27(36-25)29-20-7-3-2-4-8-20/h2-16H,17H2,1H3/b25-15+,29-27?. The van der Waals surface area contributed by atoms with E-state index in [9.17, 15) is 14.9 Å². The highest BCUT2D eigenvalue weighted by molar-refractivity contribution is 8.18. The van der Waals surface area contributed by atoms with Crippen LogP contribution in [0, 0.1) is 17.0 Å². The van der Waals surface area contributed by atoms with Gasteiger partial charge in [0.15, 0.2) is 5.17 Å². The van der Waals surface area contributed by atoms with Crippen LogP contribution in [0.15, 0.2) is 99.5 Å². The SMILES string of the molecule is Cc1cc([N+](=O)[O-])ccc1-c1ccc(/C=C2/SC(=Nc3ccccc3)N(Cc3cccnc3)C2=O)o1. The number of benzene rings is 2. The molecule has 1 aliphatic heterocycles. The molecule has 0 N–H and O–H groups in total. The van der Waals surface area contributed by atoms with Gasteiger partial charge in [0.25, 0.3) is 11.6 Å². The second-order valence-corrected chi connectivity index (χ2v) is 9.06. The van der Waals surface area contributed by atoms with Gasteiger partial charge < -0.3 is 4.42 Å². The zero-order valence-corrected chi connectivity index (χ0v) is 20.0. The summed E-state index contributed by atoms with van der Waals surface area (Å²) in [5.41, 5.74) is 3.14. The number of rotatable bonds is 6. The minimum absolute atomic E-state index is 0.0250. The molecule has 1 aliphatic rings. The van der Waals surface area contributed by atoms with Gasteiger partial charge >= 0.3 is 0 Å². The summed E-state index contributed by atoms with van der Waals surface area (Å²) in [5, 5.41) is 11.6. The highest BCUT2D eigenvalue weighted by Gasteiger charge is 2.34. The summed E-state index contributed by atoms with van der Waals surface area (Å²) in [6, 6.07) is 21.4. The fraction of sp³-hybridized carbons (Fsp3) is 0.0741. The van der Waals surface area contributed by atoms with Gasteiger partial charge in [0.1, 0.15) is 11.5 Å². The number of aryl methyl sites for hydroxylation is 1. The fourth-order valence-corrected chi connectivity index (χ4v) is 4.74. The van der Waals surface area contributed by atoms with E-state index in [0.29, 0.717) is 28.1 Å². The number of aromatic nitrogens is 1. The second kappa shape index (κ2) is 10.0. The summed E-state index contributed by atoms with van der Waals surface area (Å²) in [6.07, 6.45) is 5.11. The fourth-order valence-electron chi connectivity index (χ4n) is 3.76. The third kappa shape index (κ3) is 4.96. The third-order valence-electron chi connectivity index (χ3n) is 5.52. The smallest absolute Gasteiger partial charge is 0.269 e. The van der Waals surface area contributed by atoms with Crippen LogP contribution in [0.2, 0.25) is 0 Å². The Balaban J connectivity index is 1.45. The van der Waals surface area contributed by atoms with Crippen molar-refractivity contribution in [3.8, 4) is 11.3 Å². The van der Waals surface area contributed by atoms with Gasteiger partial charge in [-0.25, -0.2) is 4.99 Å². The van der Waals surface area contributed by atoms with E-state index in [-0.39, 0.29) is 11.6 Å². The average molecular weight is 497 g/mol. The van der Waals surface area contributed by atoms with Gasteiger partial charge in [0, 0.05) is 36.2 Å². The van der Waals surface area contributed by atoms with Gasteiger partial charge in [0.05, 0.1) is 22.1 Å². The van der Waals surface area contributed by atoms with E-state index in [4.69, 9.17) is 9.41 Å². The number of hydrogen-bond donors (Lipinski definition) is 0. The number of furan rings is 1. The van der Waals surface area contributed by atoms with Crippen LogP contribution in [-0.4, -0.2) is 25.9 Å². The van der Waals surface area contributed by atoms with Crippen LogP contribution in [-0.2, 0) is 11.3 Å². The van der Waals surface area contributed by atoms with Gasteiger partial charge in [-0.2, -0.15) is 0 Å². The first kappa shape index (κ1) is 23.3. The molecule has 5 rings (SSSR count). The molecule has 9 heteroatoms. The van der Waals surface area contributed by atoms with Crippen LogP contribution in [0.5, 0.6) is 0 Å². The van der Waals surface area contributed by atoms with Crippen LogP contribution in [0.3, 0.4) is 0 Å². The highest BCUT2D eigenvalue weighted by Crippen LogP contribution is 2.36. The van der Waals surface area contributed by atoms with Crippen LogP contribution >= 0.6 is 11.8 Å². The first-order valence-corrected chi connectivity index (χ1v) is 11.9. The molecule has 0 atom stereocenters. The lowest BCUT2D eigenvalue weighted by Crippen LogP contribution is -2.28. The molecular weight excluding hydrogens is 476 g/mol. The van der Waals surface area contributed by atoms with Crippen LogP contribution in [0.1, 0.15) is 16.9 Å². The number of amidine groups is 1. The number of nitro benzene ring substituents is 1. The van der Waals surface area contributed by atoms with Gasteiger partial charge in [-0.05, 0) is 66.2 Å². The number of pyridine rings is 1. The zero-order valence-electron chi connectivity index (χ0n) is 19.2. The van der Waals surface area contributed by atoms with Gasteiger partial charge in [0.2, 0.25) is 0 Å². The summed E-state index contributed by atoms with van der Waals surface area (Å²) < 4.78 is 5.99. The molecule has 4 aromatic rings. The normalized spacial score (nSPS) is 15.7. The Morgan fingerprint density at radius 1 is 1.11 bits per heavy atom. The molecule has 0 unspecified atom stereocenters. The number of carbonyl (C=O) groups excluding carboxylic acids is 1. The molecule has 8 nitrogen and oxygen atoms in total. The molecule has 1 fully saturated rings. The highest BCUT2D eigenvalue weighted by atomic mass is 32.2. The molecule has 2 aromatic carbocycles. The minimum atomic E-state index is -0.427. The van der Waals surface area contributed by atoms with Crippen LogP contribution in [0.25, 0.3) is 17.4 Å². The molecule has 0 bridgehead atoms. The van der Waals surface area contributed by atoms with Crippen LogP contribution in [0.4, 0.5) is 11.4 Å². The molecule has 36 heavy (non-hydrogen) atoms. The predicted molar refractivity (Wildman–Crippen MR) is 139 cm³/mol. The molecule has 3 heterocycles. The minimum Gasteiger partial charge on any atom is -0.457 e. The van der Waals surface area contributed by atoms with E-state index < -0.39 is 4.92 Å². The maximum Gasteiger partial charge on any atom is 0.269 e. The van der Waals surface area contributed by atoms with E-state index in [1.54, 1.807) is 48.5 Å². The molecule has 0 spiro atoms. The first-order valence-electron chi connectivity index (χ1n) is 11.1. The molecular formula is C27H20N4O4S. The van der Waals surface area contributed by atoms with Gasteiger partial charge in [-0.1, -0.05) is 24.3 Å². The third-order valence-corrected chi connectivity index (χ3v) is 6.53. The van der Waals surface area contributed by atoms with Crippen molar-refractivity contribution in [3.63, 3.8) is 0 Å². The summed E-state index contributed by atoms with van der Waals surface area (Å²) in [5.74, 6) is 0.888. The number of thioether (sulfide) groups is 1. The van der Waals surface area contributed by atoms with Crippen molar-refractivity contribution in [2.24, 2.45) is 4.99 Å². The van der Waals surface area contributed by atoms with E-state index in [2.05, 4.69) is 4.98 Å². The monoisotopic (exact) mass is 496 g/mol. The number of non-ortho nitro benzene ring substituents is 1. The number of amides is 1. The molecule has 1 amide bonds.